The van der Waals surface area contributed by atoms with Gasteiger partial charge in [-0.3, -0.25) is 4.98 Å². The Bertz CT molecular complexity index is 1320. The summed E-state index contributed by atoms with van der Waals surface area (Å²) in [5.74, 6) is 0. The number of benzene rings is 3. The van der Waals surface area contributed by atoms with Gasteiger partial charge in [0.05, 0.1) is 5.69 Å². The smallest absolute Gasteiger partial charge is 0.143 e. The number of aromatic nitrogens is 1. The van der Waals surface area contributed by atoms with Gasteiger partial charge in [-0.1, -0.05) is 69.3 Å². The predicted octanol–water partition coefficient (Wildman–Crippen LogP) is 7.61. The molecule has 5 rings (SSSR count). The molecule has 2 heteroatoms. The van der Waals surface area contributed by atoms with Crippen molar-refractivity contribution in [3.8, 4) is 22.4 Å². The highest BCUT2D eigenvalue weighted by atomic mass is 16.3. The summed E-state index contributed by atoms with van der Waals surface area (Å²) in [4.78, 5) is 4.63. The Morgan fingerprint density at radius 1 is 0.724 bits per heavy atom. The van der Waals surface area contributed by atoms with E-state index in [4.69, 9.17) is 4.42 Å². The summed E-state index contributed by atoms with van der Waals surface area (Å²) in [5.41, 5.74) is 7.59. The fourth-order valence-electron chi connectivity index (χ4n) is 3.86. The lowest BCUT2D eigenvalue weighted by Gasteiger charge is -2.19. The third kappa shape index (κ3) is 3.11. The SMILES string of the molecule is CC(C)(C)c1ccnc(-c2ccc3oc4c(-c5ccccc5)cccc4c3c2)c1. The van der Waals surface area contributed by atoms with Gasteiger partial charge in [0.2, 0.25) is 0 Å². The average Bonchev–Trinajstić information content (AvgIpc) is 3.12. The number of nitrogens with zero attached hydrogens (tertiary/aromatic N) is 1. The van der Waals surface area contributed by atoms with E-state index in [0.717, 1.165) is 44.3 Å². The van der Waals surface area contributed by atoms with Crippen molar-refractivity contribution in [2.75, 3.05) is 0 Å². The summed E-state index contributed by atoms with van der Waals surface area (Å²) in [5, 5.41) is 2.26. The lowest BCUT2D eigenvalue weighted by atomic mass is 9.87. The second-order valence-corrected chi connectivity index (χ2v) is 8.54. The molecular weight excluding hydrogens is 354 g/mol. The van der Waals surface area contributed by atoms with Gasteiger partial charge in [-0.25, -0.2) is 0 Å². The number of pyridine rings is 1. The number of fused-ring (bicyclic) bond motifs is 3. The van der Waals surface area contributed by atoms with Crippen LogP contribution in [0.15, 0.2) is 89.5 Å². The Morgan fingerprint density at radius 3 is 2.34 bits per heavy atom. The van der Waals surface area contributed by atoms with Gasteiger partial charge in [0, 0.05) is 28.1 Å². The van der Waals surface area contributed by atoms with Crippen LogP contribution >= 0.6 is 0 Å². The summed E-state index contributed by atoms with van der Waals surface area (Å²) in [7, 11) is 0. The first-order chi connectivity index (χ1) is 14.0. The minimum Gasteiger partial charge on any atom is -0.455 e. The molecule has 0 saturated carbocycles. The van der Waals surface area contributed by atoms with Crippen LogP contribution < -0.4 is 0 Å². The van der Waals surface area contributed by atoms with E-state index in [0.29, 0.717) is 0 Å². The van der Waals surface area contributed by atoms with Crippen LogP contribution in [0, 0.1) is 0 Å². The largest absolute Gasteiger partial charge is 0.455 e. The van der Waals surface area contributed by atoms with Gasteiger partial charge in [0.1, 0.15) is 11.2 Å². The van der Waals surface area contributed by atoms with E-state index in [-0.39, 0.29) is 5.41 Å². The second-order valence-electron chi connectivity index (χ2n) is 8.54. The van der Waals surface area contributed by atoms with Crippen molar-refractivity contribution in [3.63, 3.8) is 0 Å². The summed E-state index contributed by atoms with van der Waals surface area (Å²) >= 11 is 0. The molecule has 0 saturated heterocycles. The van der Waals surface area contributed by atoms with Gasteiger partial charge in [-0.05, 0) is 46.9 Å². The predicted molar refractivity (Wildman–Crippen MR) is 121 cm³/mol. The third-order valence-corrected chi connectivity index (χ3v) is 5.50. The molecular formula is C27H23NO. The van der Waals surface area contributed by atoms with E-state index < -0.39 is 0 Å². The molecule has 2 nitrogen and oxygen atoms in total. The van der Waals surface area contributed by atoms with Gasteiger partial charge in [0.15, 0.2) is 0 Å². The van der Waals surface area contributed by atoms with Crippen molar-refractivity contribution >= 4 is 21.9 Å². The monoisotopic (exact) mass is 377 g/mol. The zero-order valence-corrected chi connectivity index (χ0v) is 16.9. The Hall–Kier alpha value is -3.39. The van der Waals surface area contributed by atoms with E-state index in [9.17, 15) is 0 Å². The number of hydrogen-bond donors (Lipinski definition) is 0. The highest BCUT2D eigenvalue weighted by molar-refractivity contribution is 6.10. The van der Waals surface area contributed by atoms with E-state index in [2.05, 4.69) is 98.6 Å². The molecule has 0 N–H and O–H groups in total. The molecule has 0 unspecified atom stereocenters. The highest BCUT2D eigenvalue weighted by Gasteiger charge is 2.16. The van der Waals surface area contributed by atoms with Crippen molar-refractivity contribution in [1.29, 1.82) is 0 Å². The molecule has 0 fully saturated rings. The molecule has 2 heterocycles. The molecule has 5 aromatic rings. The molecule has 29 heavy (non-hydrogen) atoms. The zero-order valence-electron chi connectivity index (χ0n) is 16.9. The maximum Gasteiger partial charge on any atom is 0.143 e. The van der Waals surface area contributed by atoms with Gasteiger partial charge in [-0.15, -0.1) is 0 Å². The van der Waals surface area contributed by atoms with E-state index in [1.807, 2.05) is 12.3 Å². The van der Waals surface area contributed by atoms with Crippen molar-refractivity contribution in [2.24, 2.45) is 0 Å². The highest BCUT2D eigenvalue weighted by Crippen LogP contribution is 2.37. The number of para-hydroxylation sites is 1. The van der Waals surface area contributed by atoms with Gasteiger partial charge < -0.3 is 4.42 Å². The Kier molecular flexibility index (Phi) is 4.02. The normalized spacial score (nSPS) is 12.0. The molecule has 0 bridgehead atoms. The number of hydrogen-bond acceptors (Lipinski definition) is 2. The van der Waals surface area contributed by atoms with Crippen molar-refractivity contribution < 1.29 is 4.42 Å². The first-order valence-corrected chi connectivity index (χ1v) is 9.98. The second kappa shape index (κ2) is 6.59. The van der Waals surface area contributed by atoms with Crippen LogP contribution in [-0.4, -0.2) is 4.98 Å². The summed E-state index contributed by atoms with van der Waals surface area (Å²) in [6.45, 7) is 6.68. The fourth-order valence-corrected chi connectivity index (χ4v) is 3.86. The molecule has 0 amide bonds. The van der Waals surface area contributed by atoms with Crippen LogP contribution in [0.5, 0.6) is 0 Å². The average molecular weight is 377 g/mol. The lowest BCUT2D eigenvalue weighted by Crippen LogP contribution is -2.11. The van der Waals surface area contributed by atoms with Gasteiger partial charge in [-0.2, -0.15) is 0 Å². The number of rotatable bonds is 2. The van der Waals surface area contributed by atoms with Crippen LogP contribution in [-0.2, 0) is 5.41 Å². The topological polar surface area (TPSA) is 26.0 Å². The lowest BCUT2D eigenvalue weighted by molar-refractivity contribution is 0.589. The molecule has 142 valence electrons. The van der Waals surface area contributed by atoms with Crippen LogP contribution in [0.4, 0.5) is 0 Å². The Balaban J connectivity index is 1.69. The van der Waals surface area contributed by atoms with Crippen molar-refractivity contribution in [2.45, 2.75) is 26.2 Å². The van der Waals surface area contributed by atoms with E-state index in [1.54, 1.807) is 0 Å². The summed E-state index contributed by atoms with van der Waals surface area (Å²) < 4.78 is 6.29. The zero-order chi connectivity index (χ0) is 20.0. The van der Waals surface area contributed by atoms with Crippen molar-refractivity contribution in [3.05, 3.63) is 90.6 Å². The van der Waals surface area contributed by atoms with Gasteiger partial charge >= 0.3 is 0 Å². The van der Waals surface area contributed by atoms with Crippen LogP contribution in [0.2, 0.25) is 0 Å². The van der Waals surface area contributed by atoms with Gasteiger partial charge in [0.25, 0.3) is 0 Å². The minimum absolute atomic E-state index is 0.0920. The molecule has 2 aromatic heterocycles. The van der Waals surface area contributed by atoms with Crippen LogP contribution in [0.25, 0.3) is 44.3 Å². The van der Waals surface area contributed by atoms with Crippen molar-refractivity contribution in [1.82, 2.24) is 4.98 Å². The Labute approximate surface area is 170 Å². The molecule has 0 aliphatic heterocycles. The molecule has 0 radical (unpaired) electrons. The number of furan rings is 1. The fraction of sp³-hybridized carbons (Fsp3) is 0.148. The van der Waals surface area contributed by atoms with E-state index in [1.165, 1.54) is 5.56 Å². The first kappa shape index (κ1) is 17.7. The molecule has 3 aromatic carbocycles. The quantitative estimate of drug-likeness (QED) is 0.316. The van der Waals surface area contributed by atoms with E-state index >= 15 is 0 Å². The summed E-state index contributed by atoms with van der Waals surface area (Å²) in [6.07, 6.45) is 1.90. The molecule has 0 spiro atoms. The standard InChI is InChI=1S/C27H23NO/c1-27(2,3)20-14-15-28-24(17-20)19-12-13-25-23(16-19)22-11-7-10-21(26(22)29-25)18-8-5-4-6-9-18/h4-17H,1-3H3. The molecule has 0 aliphatic carbocycles. The minimum atomic E-state index is 0.0920. The summed E-state index contributed by atoms with van der Waals surface area (Å²) in [6, 6.07) is 27.4. The molecule has 0 aliphatic rings. The maximum atomic E-state index is 6.29. The maximum absolute atomic E-state index is 6.29. The Morgan fingerprint density at radius 2 is 1.55 bits per heavy atom. The van der Waals surface area contributed by atoms with Crippen LogP contribution in [0.1, 0.15) is 26.3 Å². The first-order valence-electron chi connectivity index (χ1n) is 9.98. The molecule has 0 atom stereocenters. The van der Waals surface area contributed by atoms with Crippen LogP contribution in [0.3, 0.4) is 0 Å². The third-order valence-electron chi connectivity index (χ3n) is 5.50.